The maximum atomic E-state index is 12.0. The van der Waals surface area contributed by atoms with Crippen LogP contribution in [0.25, 0.3) is 0 Å². The molecule has 1 aromatic rings. The van der Waals surface area contributed by atoms with Crippen molar-refractivity contribution in [2.24, 2.45) is 11.8 Å². The Morgan fingerprint density at radius 2 is 1.12 bits per heavy atom. The predicted octanol–water partition coefficient (Wildman–Crippen LogP) is 8.16. The fourth-order valence-electron chi connectivity index (χ4n) is 4.42. The van der Waals surface area contributed by atoms with Crippen LogP contribution >= 0.6 is 0 Å². The highest BCUT2D eigenvalue weighted by atomic mass is 16.4. The molecule has 0 saturated heterocycles. The van der Waals surface area contributed by atoms with E-state index in [9.17, 15) is 19.8 Å². The molecule has 0 spiro atoms. The number of aromatic carboxylic acids is 2. The molecule has 0 aliphatic rings. The van der Waals surface area contributed by atoms with E-state index in [0.29, 0.717) is 6.42 Å². The summed E-state index contributed by atoms with van der Waals surface area (Å²) in [5.74, 6) is -0.779. The van der Waals surface area contributed by atoms with Gasteiger partial charge in [0.2, 0.25) is 0 Å². The molecule has 0 unspecified atom stereocenters. The second-order valence-electron chi connectivity index (χ2n) is 10.1. The molecule has 0 aliphatic heterocycles. The SMILES string of the molecule is CC(C)CCCCCCCc1ccc(C(=O)O)c(C(=O)O)c1CCCCCCCC(C)C. The van der Waals surface area contributed by atoms with Gasteiger partial charge in [-0.05, 0) is 54.7 Å². The van der Waals surface area contributed by atoms with Gasteiger partial charge in [0, 0.05) is 0 Å². The summed E-state index contributed by atoms with van der Waals surface area (Å²) in [5, 5.41) is 19.3. The number of carbonyl (C=O) groups is 2. The van der Waals surface area contributed by atoms with Crippen molar-refractivity contribution in [3.05, 3.63) is 34.4 Å². The molecule has 0 radical (unpaired) electrons. The molecule has 32 heavy (non-hydrogen) atoms. The van der Waals surface area contributed by atoms with Crippen LogP contribution in [0.3, 0.4) is 0 Å². The van der Waals surface area contributed by atoms with Gasteiger partial charge in [0.05, 0.1) is 11.1 Å². The summed E-state index contributed by atoms with van der Waals surface area (Å²) in [7, 11) is 0. The zero-order valence-corrected chi connectivity index (χ0v) is 20.9. The van der Waals surface area contributed by atoms with Crippen molar-refractivity contribution < 1.29 is 19.8 Å². The molecular weight excluding hydrogens is 400 g/mol. The number of carboxylic acid groups (broad SMARTS) is 2. The Morgan fingerprint density at radius 1 is 0.656 bits per heavy atom. The molecule has 0 aromatic heterocycles. The zero-order chi connectivity index (χ0) is 23.9. The van der Waals surface area contributed by atoms with E-state index < -0.39 is 11.9 Å². The lowest BCUT2D eigenvalue weighted by atomic mass is 9.89. The van der Waals surface area contributed by atoms with Gasteiger partial charge < -0.3 is 10.2 Å². The van der Waals surface area contributed by atoms with Crippen molar-refractivity contribution in [3.63, 3.8) is 0 Å². The van der Waals surface area contributed by atoms with Crippen LogP contribution in [0.15, 0.2) is 12.1 Å². The fraction of sp³-hybridized carbons (Fsp3) is 0.714. The van der Waals surface area contributed by atoms with Crippen molar-refractivity contribution in [3.8, 4) is 0 Å². The Bertz CT molecular complexity index is 691. The van der Waals surface area contributed by atoms with Crippen LogP contribution in [0.2, 0.25) is 0 Å². The van der Waals surface area contributed by atoms with Crippen molar-refractivity contribution in [2.75, 3.05) is 0 Å². The summed E-state index contributed by atoms with van der Waals surface area (Å²) in [6.07, 6.45) is 15.5. The number of benzene rings is 1. The first-order valence-electron chi connectivity index (χ1n) is 12.8. The summed E-state index contributed by atoms with van der Waals surface area (Å²) < 4.78 is 0. The van der Waals surface area contributed by atoms with Gasteiger partial charge >= 0.3 is 11.9 Å². The third kappa shape index (κ3) is 11.2. The van der Waals surface area contributed by atoms with E-state index in [2.05, 4.69) is 27.7 Å². The molecule has 1 aromatic carbocycles. The summed E-state index contributed by atoms with van der Waals surface area (Å²) >= 11 is 0. The second kappa shape index (κ2) is 15.9. The minimum absolute atomic E-state index is 0.00624. The first-order chi connectivity index (χ1) is 15.2. The first-order valence-corrected chi connectivity index (χ1v) is 12.8. The van der Waals surface area contributed by atoms with Crippen LogP contribution in [-0.4, -0.2) is 22.2 Å². The smallest absolute Gasteiger partial charge is 0.336 e. The van der Waals surface area contributed by atoms with Crippen LogP contribution in [0, 0.1) is 11.8 Å². The van der Waals surface area contributed by atoms with Gasteiger partial charge in [0.1, 0.15) is 0 Å². The molecule has 0 saturated carbocycles. The van der Waals surface area contributed by atoms with E-state index in [1.165, 1.54) is 51.0 Å². The number of hydrogen-bond acceptors (Lipinski definition) is 2. The molecule has 4 heteroatoms. The van der Waals surface area contributed by atoms with Crippen LogP contribution in [0.5, 0.6) is 0 Å². The quantitative estimate of drug-likeness (QED) is 0.223. The Balaban J connectivity index is 2.71. The van der Waals surface area contributed by atoms with Crippen molar-refractivity contribution in [1.82, 2.24) is 0 Å². The lowest BCUT2D eigenvalue weighted by molar-refractivity contribution is 0.0650. The zero-order valence-electron chi connectivity index (χ0n) is 20.9. The number of carboxylic acids is 2. The van der Waals surface area contributed by atoms with Gasteiger partial charge in [0.15, 0.2) is 0 Å². The largest absolute Gasteiger partial charge is 0.478 e. The molecule has 4 nitrogen and oxygen atoms in total. The van der Waals surface area contributed by atoms with Crippen molar-refractivity contribution >= 4 is 11.9 Å². The topological polar surface area (TPSA) is 74.6 Å². The Labute approximate surface area is 195 Å². The Morgan fingerprint density at radius 3 is 1.59 bits per heavy atom. The van der Waals surface area contributed by atoms with Gasteiger partial charge in [-0.2, -0.15) is 0 Å². The molecule has 0 atom stereocenters. The molecule has 182 valence electrons. The molecular formula is C28H46O4. The molecule has 0 amide bonds. The molecule has 0 heterocycles. The fourth-order valence-corrected chi connectivity index (χ4v) is 4.42. The van der Waals surface area contributed by atoms with Crippen LogP contribution < -0.4 is 0 Å². The lowest BCUT2D eigenvalue weighted by Crippen LogP contribution is -2.14. The van der Waals surface area contributed by atoms with Gasteiger partial charge in [-0.15, -0.1) is 0 Å². The van der Waals surface area contributed by atoms with Crippen LogP contribution in [-0.2, 0) is 12.8 Å². The summed E-state index contributed by atoms with van der Waals surface area (Å²) in [5.41, 5.74) is 1.70. The van der Waals surface area contributed by atoms with E-state index in [0.717, 1.165) is 61.5 Å². The van der Waals surface area contributed by atoms with E-state index >= 15 is 0 Å². The van der Waals surface area contributed by atoms with E-state index in [4.69, 9.17) is 0 Å². The maximum absolute atomic E-state index is 12.0. The number of hydrogen-bond donors (Lipinski definition) is 2. The van der Waals surface area contributed by atoms with E-state index in [1.54, 1.807) is 0 Å². The highest BCUT2D eigenvalue weighted by Gasteiger charge is 2.22. The monoisotopic (exact) mass is 446 g/mol. The first kappa shape index (κ1) is 28.2. The summed E-state index contributed by atoms with van der Waals surface area (Å²) in [4.78, 5) is 23.6. The lowest BCUT2D eigenvalue weighted by Gasteiger charge is -2.15. The number of aryl methyl sites for hydroxylation is 1. The third-order valence-corrected chi connectivity index (χ3v) is 6.29. The molecule has 0 fully saturated rings. The average molecular weight is 447 g/mol. The van der Waals surface area contributed by atoms with Gasteiger partial charge in [-0.3, -0.25) is 0 Å². The van der Waals surface area contributed by atoms with Gasteiger partial charge in [-0.25, -0.2) is 9.59 Å². The third-order valence-electron chi connectivity index (χ3n) is 6.29. The normalized spacial score (nSPS) is 11.4. The molecule has 1 rings (SSSR count). The standard InChI is InChI=1S/C28H46O4/c1-21(2)15-11-7-5-9-13-17-23-19-20-25(27(29)30)26(28(31)32)24(23)18-14-10-6-8-12-16-22(3)4/h19-22H,5-18H2,1-4H3,(H,29,30)(H,31,32). The maximum Gasteiger partial charge on any atom is 0.336 e. The highest BCUT2D eigenvalue weighted by Crippen LogP contribution is 2.25. The van der Waals surface area contributed by atoms with Crippen LogP contribution in [0.1, 0.15) is 137 Å². The summed E-state index contributed by atoms with van der Waals surface area (Å²) in [6, 6.07) is 3.34. The summed E-state index contributed by atoms with van der Waals surface area (Å²) in [6.45, 7) is 9.01. The highest BCUT2D eigenvalue weighted by molar-refractivity contribution is 6.03. The second-order valence-corrected chi connectivity index (χ2v) is 10.1. The van der Waals surface area contributed by atoms with E-state index in [-0.39, 0.29) is 11.1 Å². The molecule has 0 bridgehead atoms. The number of rotatable bonds is 18. The van der Waals surface area contributed by atoms with Crippen molar-refractivity contribution in [1.29, 1.82) is 0 Å². The predicted molar refractivity (Wildman–Crippen MR) is 133 cm³/mol. The Hall–Kier alpha value is -1.84. The van der Waals surface area contributed by atoms with Gasteiger partial charge in [-0.1, -0.05) is 98.0 Å². The van der Waals surface area contributed by atoms with Gasteiger partial charge in [0.25, 0.3) is 0 Å². The molecule has 0 aliphatic carbocycles. The van der Waals surface area contributed by atoms with Crippen LogP contribution in [0.4, 0.5) is 0 Å². The Kier molecular flexibility index (Phi) is 14.0. The minimum atomic E-state index is -1.16. The minimum Gasteiger partial charge on any atom is -0.478 e. The number of unbranched alkanes of at least 4 members (excludes halogenated alkanes) is 8. The van der Waals surface area contributed by atoms with E-state index in [1.807, 2.05) is 6.07 Å². The molecule has 2 N–H and O–H groups in total. The average Bonchev–Trinajstić information content (AvgIpc) is 2.71. The van der Waals surface area contributed by atoms with Crippen molar-refractivity contribution in [2.45, 2.75) is 118 Å².